The number of ether oxygens (including phenoxy) is 2. The second-order valence-corrected chi connectivity index (χ2v) is 13.2. The fourth-order valence-corrected chi connectivity index (χ4v) is 5.20. The molecule has 40 heavy (non-hydrogen) atoms. The summed E-state index contributed by atoms with van der Waals surface area (Å²) < 4.78 is 41.6. The Morgan fingerprint density at radius 3 is 1.20 bits per heavy atom. The van der Waals surface area contributed by atoms with E-state index in [0.717, 1.165) is 45.4 Å². The summed E-state index contributed by atoms with van der Waals surface area (Å²) in [5.74, 6) is -1.93. The van der Waals surface area contributed by atoms with Gasteiger partial charge < -0.3 is 9.47 Å². The maximum absolute atomic E-state index is 12.5. The molecule has 0 aromatic carbocycles. The topological polar surface area (TPSA) is 107 Å². The summed E-state index contributed by atoms with van der Waals surface area (Å²) in [5, 5.41) is 0. The molecular weight excluding hydrogens is 539 g/mol. The number of esters is 2. The zero-order valence-corrected chi connectivity index (χ0v) is 26.3. The van der Waals surface area contributed by atoms with Crippen molar-refractivity contribution >= 4 is 51.6 Å². The van der Waals surface area contributed by atoms with E-state index in [-0.39, 0.29) is 42.8 Å². The Morgan fingerprint density at radius 1 is 0.575 bits per heavy atom. The van der Waals surface area contributed by atoms with Gasteiger partial charge in [-0.1, -0.05) is 142 Å². The molecule has 1 atom stereocenters. The number of unbranched alkanes of at least 4 members (excludes halogenated alkanes) is 20. The second-order valence-electron chi connectivity index (χ2n) is 11.3. The van der Waals surface area contributed by atoms with E-state index >= 15 is 0 Å². The van der Waals surface area contributed by atoms with E-state index in [1.807, 2.05) is 0 Å². The fourth-order valence-electron chi connectivity index (χ4n) is 4.63. The van der Waals surface area contributed by atoms with Gasteiger partial charge in [-0.15, -0.1) is 0 Å². The third kappa shape index (κ3) is 22.4. The van der Waals surface area contributed by atoms with Crippen LogP contribution in [0.4, 0.5) is 0 Å². The van der Waals surface area contributed by atoms with Gasteiger partial charge in [0.25, 0.3) is 10.1 Å². The molecule has 0 aliphatic carbocycles. The summed E-state index contributed by atoms with van der Waals surface area (Å²) in [4.78, 5) is 24.8. The Bertz CT molecular complexity index is 714. The first-order valence-corrected chi connectivity index (χ1v) is 17.4. The zero-order chi connectivity index (χ0) is 29.2. The summed E-state index contributed by atoms with van der Waals surface area (Å²) in [6.45, 7) is 5.70. The summed E-state index contributed by atoms with van der Waals surface area (Å²) >= 11 is 0. The third-order valence-electron chi connectivity index (χ3n) is 7.47. The first-order valence-electron chi connectivity index (χ1n) is 16.0. The molecule has 0 saturated heterocycles. The number of hydrogen-bond acceptors (Lipinski definition) is 6. The van der Waals surface area contributed by atoms with E-state index in [1.165, 1.54) is 89.9 Å². The van der Waals surface area contributed by atoms with Gasteiger partial charge in [0, 0.05) is 0 Å². The van der Waals surface area contributed by atoms with Crippen molar-refractivity contribution in [1.29, 1.82) is 0 Å². The van der Waals surface area contributed by atoms with E-state index in [4.69, 9.17) is 9.47 Å². The second kappa shape index (κ2) is 27.7. The summed E-state index contributed by atoms with van der Waals surface area (Å²) in [5.41, 5.74) is 0. The van der Waals surface area contributed by atoms with Gasteiger partial charge in [0.15, 0.2) is 0 Å². The van der Waals surface area contributed by atoms with Crippen LogP contribution in [0.5, 0.6) is 0 Å². The van der Waals surface area contributed by atoms with Crippen molar-refractivity contribution in [3.05, 3.63) is 0 Å². The van der Waals surface area contributed by atoms with Gasteiger partial charge in [0.1, 0.15) is 0 Å². The Morgan fingerprint density at radius 2 is 0.875 bits per heavy atom. The van der Waals surface area contributed by atoms with Crippen LogP contribution in [0, 0.1) is 0 Å². The van der Waals surface area contributed by atoms with Crippen molar-refractivity contribution in [2.24, 2.45) is 0 Å². The molecule has 0 aromatic heterocycles. The summed E-state index contributed by atoms with van der Waals surface area (Å²) in [7, 11) is -4.86. The molecule has 0 bridgehead atoms. The molecule has 0 fully saturated rings. The van der Waals surface area contributed by atoms with Gasteiger partial charge in [-0.05, 0) is 19.8 Å². The molecule has 234 valence electrons. The van der Waals surface area contributed by atoms with Gasteiger partial charge in [-0.25, -0.2) is 0 Å². The van der Waals surface area contributed by atoms with Crippen LogP contribution in [0.1, 0.15) is 168 Å². The molecule has 0 aliphatic heterocycles. The number of carbonyl (C=O) groups is 2. The Kier molecular flexibility index (Phi) is 29.0. The molecule has 0 radical (unpaired) electrons. The van der Waals surface area contributed by atoms with E-state index in [9.17, 15) is 22.6 Å². The molecule has 1 N–H and O–H groups in total. The molecule has 0 amide bonds. The monoisotopic (exact) mass is 600 g/mol. The van der Waals surface area contributed by atoms with Gasteiger partial charge in [0.05, 0.1) is 19.6 Å². The molecule has 0 spiro atoms. The minimum absolute atomic E-state index is 0. The van der Waals surface area contributed by atoms with Gasteiger partial charge in [-0.2, -0.15) is 8.42 Å². The van der Waals surface area contributed by atoms with Crippen LogP contribution in [0.2, 0.25) is 0 Å². The molecule has 0 saturated carbocycles. The van der Waals surface area contributed by atoms with Crippen LogP contribution in [0.25, 0.3) is 0 Å². The van der Waals surface area contributed by atoms with Crippen LogP contribution in [0.15, 0.2) is 0 Å². The third-order valence-corrected chi connectivity index (χ3v) is 8.92. The normalized spacial score (nSPS) is 12.9. The fraction of sp³-hybridized carbons (Fsp3) is 0.935. The first-order chi connectivity index (χ1) is 18.7. The molecule has 1 unspecified atom stereocenters. The average Bonchev–Trinajstić information content (AvgIpc) is 2.89. The Balaban J connectivity index is 0. The molecule has 9 heteroatoms. The van der Waals surface area contributed by atoms with E-state index in [2.05, 4.69) is 13.8 Å². The Hall–Kier alpha value is -0.150. The number of carbonyl (C=O) groups excluding carboxylic acids is 2. The maximum atomic E-state index is 12.5. The minimum atomic E-state index is -4.86. The van der Waals surface area contributed by atoms with Crippen molar-refractivity contribution in [3.63, 3.8) is 0 Å². The van der Waals surface area contributed by atoms with Crippen LogP contribution < -0.4 is 0 Å². The average molecular weight is 601 g/mol. The Labute approximate surface area is 268 Å². The van der Waals surface area contributed by atoms with Crippen molar-refractivity contribution in [1.82, 2.24) is 0 Å². The quantitative estimate of drug-likeness (QED) is 0.0419. The van der Waals surface area contributed by atoms with Crippen molar-refractivity contribution in [2.75, 3.05) is 13.2 Å². The van der Waals surface area contributed by atoms with E-state index in [0.29, 0.717) is 12.8 Å². The van der Waals surface area contributed by atoms with E-state index < -0.39 is 33.2 Å². The molecule has 0 heterocycles. The first kappa shape index (κ1) is 42.0. The van der Waals surface area contributed by atoms with Crippen LogP contribution in [-0.2, 0) is 29.2 Å². The van der Waals surface area contributed by atoms with Gasteiger partial charge in [0.2, 0.25) is 4.75 Å². The molecule has 7 nitrogen and oxygen atoms in total. The van der Waals surface area contributed by atoms with Crippen LogP contribution >= 0.6 is 0 Å². The predicted molar refractivity (Wildman–Crippen MR) is 167 cm³/mol. The molecular formula is C31H61NaO7S. The van der Waals surface area contributed by atoms with Crippen LogP contribution in [0.3, 0.4) is 0 Å². The van der Waals surface area contributed by atoms with Crippen molar-refractivity contribution in [3.8, 4) is 0 Å². The summed E-state index contributed by atoms with van der Waals surface area (Å²) in [6, 6.07) is 0. The zero-order valence-electron chi connectivity index (χ0n) is 25.5. The number of hydrogen-bond donors (Lipinski definition) is 1. The molecule has 0 aromatic rings. The van der Waals surface area contributed by atoms with Crippen molar-refractivity contribution < 1.29 is 32.0 Å². The number of rotatable bonds is 28. The van der Waals surface area contributed by atoms with Crippen LogP contribution in [-0.4, -0.2) is 72.4 Å². The van der Waals surface area contributed by atoms with Gasteiger partial charge in [-0.3, -0.25) is 14.1 Å². The van der Waals surface area contributed by atoms with E-state index in [1.54, 1.807) is 0 Å². The predicted octanol–water partition coefficient (Wildman–Crippen LogP) is 8.08. The molecule has 0 aliphatic rings. The summed E-state index contributed by atoms with van der Waals surface area (Å²) in [6.07, 6.45) is 24.7. The molecule has 0 rings (SSSR count). The SMILES string of the molecule is CCCCCCCCCCCCCOC(=O)CC(C)(C(=O)OCCCCCCCCCCCCC)S(=O)(=O)O.[NaH]. The standard InChI is InChI=1S/C31H60O7S.Na.H/c1-4-6-8-10-12-14-16-18-20-22-24-26-37-29(32)28-31(3,39(34,35)36)30(33)38-27-25-23-21-19-17-15-13-11-9-7-5-2;;/h4-28H2,1-3H3,(H,34,35,36);;. The van der Waals surface area contributed by atoms with Crippen molar-refractivity contribution in [2.45, 2.75) is 173 Å². The van der Waals surface area contributed by atoms with Gasteiger partial charge >= 0.3 is 41.5 Å².